The van der Waals surface area contributed by atoms with E-state index in [2.05, 4.69) is 9.71 Å². The third-order valence-electron chi connectivity index (χ3n) is 3.01. The molecule has 0 saturated carbocycles. The lowest BCUT2D eigenvalue weighted by molar-refractivity contribution is 0.422. The molecule has 0 amide bonds. The smallest absolute Gasteiger partial charge is 0.256 e. The van der Waals surface area contributed by atoms with E-state index in [-0.39, 0.29) is 23.8 Å². The summed E-state index contributed by atoms with van der Waals surface area (Å²) in [5.41, 5.74) is 0.842. The molecule has 1 aromatic heterocycles. The van der Waals surface area contributed by atoms with E-state index in [0.29, 0.717) is 11.3 Å². The third-order valence-corrected chi connectivity index (χ3v) is 5.20. The van der Waals surface area contributed by atoms with Gasteiger partial charge in [-0.15, -0.1) is 0 Å². The monoisotopic (exact) mass is 369 g/mol. The summed E-state index contributed by atoms with van der Waals surface area (Å²) >= 11 is 0. The van der Waals surface area contributed by atoms with Gasteiger partial charge >= 0.3 is 0 Å². The van der Waals surface area contributed by atoms with Crippen LogP contribution in [0.3, 0.4) is 0 Å². The lowest BCUT2D eigenvalue weighted by Gasteiger charge is -2.06. The minimum absolute atomic E-state index is 0.112. The molecule has 0 unspecified atom stereocenters. The zero-order chi connectivity index (χ0) is 18.0. The zero-order valence-electron chi connectivity index (χ0n) is 13.0. The Labute approximate surface area is 140 Å². The molecule has 0 fully saturated rings. The summed E-state index contributed by atoms with van der Waals surface area (Å²) in [4.78, 5) is 3.72. The van der Waals surface area contributed by atoms with E-state index in [0.717, 1.165) is 6.26 Å². The number of aromatic nitrogens is 1. The maximum absolute atomic E-state index is 12.3. The first-order valence-corrected chi connectivity index (χ1v) is 10.3. The van der Waals surface area contributed by atoms with E-state index >= 15 is 0 Å². The van der Waals surface area contributed by atoms with Crippen LogP contribution in [0.25, 0.3) is 0 Å². The summed E-state index contributed by atoms with van der Waals surface area (Å²) in [5.74, 6) is -0.142. The van der Waals surface area contributed by atoms with Crippen molar-refractivity contribution in [3.63, 3.8) is 0 Å². The average Bonchev–Trinajstić information content (AvgIpc) is 2.87. The number of nitrogens with one attached hydrogen (secondary N) is 1. The highest BCUT2D eigenvalue weighted by Crippen LogP contribution is 2.19. The van der Waals surface area contributed by atoms with Gasteiger partial charge in [0.25, 0.3) is 5.09 Å². The molecule has 8 nitrogen and oxygen atoms in total. The van der Waals surface area contributed by atoms with E-state index in [1.54, 1.807) is 30.3 Å². The van der Waals surface area contributed by atoms with Crippen molar-refractivity contribution in [3.05, 3.63) is 41.4 Å². The van der Waals surface area contributed by atoms with E-state index in [1.807, 2.05) is 0 Å². The Morgan fingerprint density at radius 1 is 1.21 bits per heavy atom. The summed E-state index contributed by atoms with van der Waals surface area (Å²) in [5, 5.41) is 8.49. The van der Waals surface area contributed by atoms with Gasteiger partial charge in [-0.3, -0.25) is 4.72 Å². The number of oxazole rings is 1. The second-order valence-corrected chi connectivity index (χ2v) is 8.88. The molecular weight excluding hydrogens is 354 g/mol. The number of benzene rings is 1. The molecule has 1 aromatic carbocycles. The van der Waals surface area contributed by atoms with Crippen molar-refractivity contribution in [2.75, 3.05) is 16.7 Å². The van der Waals surface area contributed by atoms with Crippen molar-refractivity contribution in [1.82, 2.24) is 4.98 Å². The Hall–Kier alpha value is -2.38. The van der Waals surface area contributed by atoms with Crippen LogP contribution in [0.1, 0.15) is 17.1 Å². The van der Waals surface area contributed by atoms with Crippen molar-refractivity contribution in [2.24, 2.45) is 0 Å². The average molecular weight is 369 g/mol. The van der Waals surface area contributed by atoms with Gasteiger partial charge in [0.2, 0.25) is 19.9 Å². The molecule has 0 bridgehead atoms. The molecule has 24 heavy (non-hydrogen) atoms. The zero-order valence-corrected chi connectivity index (χ0v) is 14.6. The molecule has 128 valence electrons. The first-order chi connectivity index (χ1) is 11.1. The molecule has 2 rings (SSSR count). The Bertz CT molecular complexity index is 984. The lowest BCUT2D eigenvalue weighted by Crippen LogP contribution is -2.11. The maximum Gasteiger partial charge on any atom is 0.256 e. The van der Waals surface area contributed by atoms with Gasteiger partial charge in [0.05, 0.1) is 12.0 Å². The molecule has 0 atom stereocenters. The number of nitrogens with zero attached hydrogens (tertiary/aromatic N) is 2. The van der Waals surface area contributed by atoms with Crippen LogP contribution in [0.2, 0.25) is 0 Å². The van der Waals surface area contributed by atoms with Crippen LogP contribution in [0.5, 0.6) is 0 Å². The summed E-state index contributed by atoms with van der Waals surface area (Å²) in [6, 6.07) is 8.04. The fourth-order valence-electron chi connectivity index (χ4n) is 1.99. The van der Waals surface area contributed by atoms with Gasteiger partial charge in [-0.2, -0.15) is 5.26 Å². The Morgan fingerprint density at radius 3 is 2.38 bits per heavy atom. The van der Waals surface area contributed by atoms with Crippen LogP contribution in [0.4, 0.5) is 5.69 Å². The predicted molar refractivity (Wildman–Crippen MR) is 86.6 cm³/mol. The Balaban J connectivity index is 2.11. The van der Waals surface area contributed by atoms with Crippen molar-refractivity contribution in [3.8, 4) is 6.07 Å². The molecule has 0 aliphatic carbocycles. The standard InChI is InChI=1S/C14H15N3O5S2/c1-10-16-13(9-15)14(22-10)24(20,21)8-7-11-3-5-12(6-4-11)17-23(2,18)19/h3-6,17H,7-8H2,1-2H3. The van der Waals surface area contributed by atoms with Gasteiger partial charge in [-0.05, 0) is 24.1 Å². The molecule has 10 heteroatoms. The van der Waals surface area contributed by atoms with Crippen LogP contribution < -0.4 is 4.72 Å². The predicted octanol–water partition coefficient (Wildman–Crippen LogP) is 1.24. The molecule has 1 N–H and O–H groups in total. The van der Waals surface area contributed by atoms with Crippen LogP contribution in [0, 0.1) is 18.3 Å². The number of rotatable bonds is 6. The number of sulfone groups is 1. The van der Waals surface area contributed by atoms with Crippen LogP contribution >= 0.6 is 0 Å². The molecule has 2 aromatic rings. The minimum Gasteiger partial charge on any atom is -0.428 e. The number of hydrogen-bond donors (Lipinski definition) is 1. The van der Waals surface area contributed by atoms with Crippen molar-refractivity contribution in [2.45, 2.75) is 18.4 Å². The maximum atomic E-state index is 12.3. The van der Waals surface area contributed by atoms with Crippen LogP contribution in [-0.4, -0.2) is 33.8 Å². The fraction of sp³-hybridized carbons (Fsp3) is 0.286. The quantitative estimate of drug-likeness (QED) is 0.810. The largest absolute Gasteiger partial charge is 0.428 e. The van der Waals surface area contributed by atoms with Gasteiger partial charge < -0.3 is 4.42 Å². The molecule has 1 heterocycles. The number of aryl methyl sites for hydroxylation is 2. The number of sulfonamides is 1. The second-order valence-electron chi connectivity index (χ2n) is 5.12. The highest BCUT2D eigenvalue weighted by molar-refractivity contribution is 7.92. The Kier molecular flexibility index (Phi) is 4.96. The van der Waals surface area contributed by atoms with Gasteiger partial charge in [0.15, 0.2) is 11.6 Å². The molecular formula is C14H15N3O5S2. The van der Waals surface area contributed by atoms with Crippen molar-refractivity contribution < 1.29 is 21.3 Å². The van der Waals surface area contributed by atoms with E-state index in [9.17, 15) is 16.8 Å². The van der Waals surface area contributed by atoms with Gasteiger partial charge in [0.1, 0.15) is 6.07 Å². The Morgan fingerprint density at radius 2 is 1.83 bits per heavy atom. The topological polar surface area (TPSA) is 130 Å². The van der Waals surface area contributed by atoms with Gasteiger partial charge in [0, 0.05) is 12.6 Å². The summed E-state index contributed by atoms with van der Waals surface area (Å²) in [6.07, 6.45) is 1.23. The fourth-order valence-corrected chi connectivity index (χ4v) is 3.88. The molecule has 0 aliphatic heterocycles. The van der Waals surface area contributed by atoms with Crippen LogP contribution in [-0.2, 0) is 26.3 Å². The summed E-state index contributed by atoms with van der Waals surface area (Å²) < 4.78 is 54.2. The van der Waals surface area contributed by atoms with Crippen LogP contribution in [0.15, 0.2) is 33.8 Å². The lowest BCUT2D eigenvalue weighted by atomic mass is 10.2. The molecule has 0 saturated heterocycles. The minimum atomic E-state index is -3.78. The third kappa shape index (κ3) is 4.56. The number of nitriles is 1. The van der Waals surface area contributed by atoms with Crippen molar-refractivity contribution >= 4 is 25.5 Å². The summed E-state index contributed by atoms with van der Waals surface area (Å²) in [7, 11) is -7.15. The van der Waals surface area contributed by atoms with E-state index in [4.69, 9.17) is 9.68 Å². The first-order valence-electron chi connectivity index (χ1n) is 6.78. The number of anilines is 1. The normalized spacial score (nSPS) is 11.9. The van der Waals surface area contributed by atoms with Gasteiger partial charge in [-0.1, -0.05) is 12.1 Å². The highest BCUT2D eigenvalue weighted by Gasteiger charge is 2.25. The van der Waals surface area contributed by atoms with E-state index < -0.39 is 25.0 Å². The second kappa shape index (κ2) is 6.62. The molecule has 0 radical (unpaired) electrons. The first kappa shape index (κ1) is 18.0. The SMILES string of the molecule is Cc1nc(C#N)c(S(=O)(=O)CCc2ccc(NS(C)(=O)=O)cc2)o1. The van der Waals surface area contributed by atoms with E-state index in [1.165, 1.54) is 6.92 Å². The highest BCUT2D eigenvalue weighted by atomic mass is 32.2. The molecule has 0 aliphatic rings. The molecule has 0 spiro atoms. The van der Waals surface area contributed by atoms with Crippen molar-refractivity contribution in [1.29, 1.82) is 5.26 Å². The summed E-state index contributed by atoms with van der Waals surface area (Å²) in [6.45, 7) is 1.47. The number of hydrogen-bond acceptors (Lipinski definition) is 7. The van der Waals surface area contributed by atoms with Gasteiger partial charge in [-0.25, -0.2) is 21.8 Å².